The molecule has 1 aromatic rings. The summed E-state index contributed by atoms with van der Waals surface area (Å²) in [4.78, 5) is 12.1. The highest BCUT2D eigenvalue weighted by atomic mass is 16.3. The molecule has 0 spiro atoms. The summed E-state index contributed by atoms with van der Waals surface area (Å²) in [7, 11) is 0. The zero-order valence-corrected chi connectivity index (χ0v) is 11.8. The van der Waals surface area contributed by atoms with E-state index >= 15 is 0 Å². The molecule has 2 N–H and O–H groups in total. The molecule has 1 amide bonds. The van der Waals surface area contributed by atoms with Crippen molar-refractivity contribution in [1.29, 1.82) is 0 Å². The predicted molar refractivity (Wildman–Crippen MR) is 76.2 cm³/mol. The number of carbonyl (C=O) groups is 1. The molecule has 19 heavy (non-hydrogen) atoms. The zero-order valence-electron chi connectivity index (χ0n) is 11.8. The molecule has 1 aliphatic rings. The van der Waals surface area contributed by atoms with Crippen LogP contribution in [-0.2, 0) is 0 Å². The smallest absolute Gasteiger partial charge is 0.251 e. The van der Waals surface area contributed by atoms with Crippen LogP contribution in [0.15, 0.2) is 18.2 Å². The van der Waals surface area contributed by atoms with Gasteiger partial charge in [0.2, 0.25) is 0 Å². The lowest BCUT2D eigenvalue weighted by Crippen LogP contribution is -2.35. The number of benzene rings is 1. The monoisotopic (exact) mass is 261 g/mol. The fourth-order valence-electron chi connectivity index (χ4n) is 2.80. The number of hydrogen-bond acceptors (Lipinski definition) is 2. The Morgan fingerprint density at radius 2 is 2.05 bits per heavy atom. The normalized spacial score (nSPS) is 17.4. The number of rotatable bonds is 4. The Morgan fingerprint density at radius 3 is 2.74 bits per heavy atom. The number of hydrogen-bond donors (Lipinski definition) is 2. The molecule has 1 aromatic carbocycles. The van der Waals surface area contributed by atoms with E-state index in [9.17, 15) is 9.90 Å². The highest BCUT2D eigenvalue weighted by Crippen LogP contribution is 2.27. The Morgan fingerprint density at radius 1 is 1.37 bits per heavy atom. The van der Waals surface area contributed by atoms with Crippen molar-refractivity contribution in [2.45, 2.75) is 45.6 Å². The zero-order chi connectivity index (χ0) is 13.8. The van der Waals surface area contributed by atoms with Gasteiger partial charge in [0.25, 0.3) is 5.91 Å². The van der Waals surface area contributed by atoms with Gasteiger partial charge in [0.1, 0.15) is 0 Å². The Hall–Kier alpha value is -1.35. The first kappa shape index (κ1) is 14.1. The fraction of sp³-hybridized carbons (Fsp3) is 0.562. The molecular formula is C16H23NO2. The molecule has 0 aliphatic heterocycles. The molecule has 0 heterocycles. The number of carbonyl (C=O) groups excluding carboxylic acids is 1. The Kier molecular flexibility index (Phi) is 4.59. The van der Waals surface area contributed by atoms with Crippen molar-refractivity contribution in [2.75, 3.05) is 6.54 Å². The van der Waals surface area contributed by atoms with Crippen molar-refractivity contribution >= 4 is 5.91 Å². The van der Waals surface area contributed by atoms with Gasteiger partial charge in [-0.3, -0.25) is 4.79 Å². The molecule has 1 atom stereocenters. The Labute approximate surface area is 115 Å². The second-order valence-electron chi connectivity index (χ2n) is 5.57. The molecule has 3 nitrogen and oxygen atoms in total. The van der Waals surface area contributed by atoms with E-state index in [0.717, 1.165) is 24.0 Å². The summed E-state index contributed by atoms with van der Waals surface area (Å²) in [6.07, 6.45) is 4.16. The van der Waals surface area contributed by atoms with Crippen LogP contribution < -0.4 is 5.32 Å². The molecular weight excluding hydrogens is 238 g/mol. The summed E-state index contributed by atoms with van der Waals surface area (Å²) in [5.74, 6) is 0.275. The number of aryl methyl sites for hydroxylation is 1. The standard InChI is InChI=1S/C16H23NO2/c1-11-6-5-9-14(12(11)2)16(19)17-10-15(18)13-7-3-4-8-13/h5-6,9,13,15,18H,3-4,7-8,10H2,1-2H3,(H,17,19). The molecule has 1 unspecified atom stereocenters. The van der Waals surface area contributed by atoms with Crippen LogP contribution in [-0.4, -0.2) is 23.7 Å². The summed E-state index contributed by atoms with van der Waals surface area (Å²) in [6.45, 7) is 4.31. The van der Waals surface area contributed by atoms with Gasteiger partial charge in [-0.15, -0.1) is 0 Å². The summed E-state index contributed by atoms with van der Waals surface area (Å²) in [6, 6.07) is 5.73. The van der Waals surface area contributed by atoms with E-state index in [0.29, 0.717) is 18.0 Å². The molecule has 2 rings (SSSR count). The molecule has 0 bridgehead atoms. The van der Waals surface area contributed by atoms with Gasteiger partial charge >= 0.3 is 0 Å². The van der Waals surface area contributed by atoms with Crippen molar-refractivity contribution in [3.8, 4) is 0 Å². The van der Waals surface area contributed by atoms with Crippen molar-refractivity contribution < 1.29 is 9.90 Å². The van der Waals surface area contributed by atoms with E-state index in [1.165, 1.54) is 12.8 Å². The summed E-state index contributed by atoms with van der Waals surface area (Å²) < 4.78 is 0. The van der Waals surface area contributed by atoms with E-state index in [4.69, 9.17) is 0 Å². The third-order valence-electron chi connectivity index (χ3n) is 4.26. The third-order valence-corrected chi connectivity index (χ3v) is 4.26. The van der Waals surface area contributed by atoms with Gasteiger partial charge in [0.15, 0.2) is 0 Å². The van der Waals surface area contributed by atoms with Crippen molar-refractivity contribution in [3.05, 3.63) is 34.9 Å². The molecule has 0 saturated heterocycles. The van der Waals surface area contributed by atoms with Crippen molar-refractivity contribution in [2.24, 2.45) is 5.92 Å². The lowest BCUT2D eigenvalue weighted by atomic mass is 10.00. The average Bonchev–Trinajstić information content (AvgIpc) is 2.93. The molecule has 3 heteroatoms. The minimum atomic E-state index is -0.406. The van der Waals surface area contributed by atoms with Gasteiger partial charge in [0, 0.05) is 12.1 Å². The first-order valence-corrected chi connectivity index (χ1v) is 7.12. The minimum absolute atomic E-state index is 0.0850. The maximum absolute atomic E-state index is 12.1. The molecule has 1 fully saturated rings. The van der Waals surface area contributed by atoms with Crippen LogP contribution in [0.4, 0.5) is 0 Å². The topological polar surface area (TPSA) is 49.3 Å². The second kappa shape index (κ2) is 6.20. The molecule has 1 aliphatic carbocycles. The average molecular weight is 261 g/mol. The highest BCUT2D eigenvalue weighted by Gasteiger charge is 2.23. The quantitative estimate of drug-likeness (QED) is 0.875. The van der Waals surface area contributed by atoms with Crippen LogP contribution in [0.5, 0.6) is 0 Å². The van der Waals surface area contributed by atoms with Gasteiger partial charge in [-0.25, -0.2) is 0 Å². The second-order valence-corrected chi connectivity index (χ2v) is 5.57. The van der Waals surface area contributed by atoms with Gasteiger partial charge in [-0.2, -0.15) is 0 Å². The third kappa shape index (κ3) is 3.35. The summed E-state index contributed by atoms with van der Waals surface area (Å²) in [5, 5.41) is 12.9. The number of aliphatic hydroxyl groups excluding tert-OH is 1. The summed E-state index contributed by atoms with van der Waals surface area (Å²) >= 11 is 0. The SMILES string of the molecule is Cc1cccc(C(=O)NCC(O)C2CCCC2)c1C. The number of aliphatic hydroxyl groups is 1. The van der Waals surface area contributed by atoms with Crippen molar-refractivity contribution in [3.63, 3.8) is 0 Å². The maximum atomic E-state index is 12.1. The maximum Gasteiger partial charge on any atom is 0.251 e. The van der Waals surface area contributed by atoms with E-state index < -0.39 is 6.10 Å². The largest absolute Gasteiger partial charge is 0.391 e. The van der Waals surface area contributed by atoms with Gasteiger partial charge in [0.05, 0.1) is 6.10 Å². The fourth-order valence-corrected chi connectivity index (χ4v) is 2.80. The first-order valence-electron chi connectivity index (χ1n) is 7.12. The van der Waals surface area contributed by atoms with E-state index in [2.05, 4.69) is 5.32 Å². The van der Waals surface area contributed by atoms with Gasteiger partial charge in [-0.1, -0.05) is 25.0 Å². The van der Waals surface area contributed by atoms with Crippen molar-refractivity contribution in [1.82, 2.24) is 5.32 Å². The molecule has 0 aromatic heterocycles. The van der Waals surface area contributed by atoms with E-state index in [1.54, 1.807) is 0 Å². The Balaban J connectivity index is 1.92. The van der Waals surface area contributed by atoms with E-state index in [1.807, 2.05) is 32.0 Å². The predicted octanol–water partition coefficient (Wildman–Crippen LogP) is 2.58. The lowest BCUT2D eigenvalue weighted by Gasteiger charge is -2.18. The minimum Gasteiger partial charge on any atom is -0.391 e. The van der Waals surface area contributed by atoms with Crippen LogP contribution in [0.1, 0.15) is 47.2 Å². The number of nitrogens with one attached hydrogen (secondary N) is 1. The van der Waals surface area contributed by atoms with Crippen LogP contribution >= 0.6 is 0 Å². The first-order chi connectivity index (χ1) is 9.09. The van der Waals surface area contributed by atoms with Gasteiger partial charge < -0.3 is 10.4 Å². The number of amides is 1. The van der Waals surface area contributed by atoms with Crippen LogP contribution in [0.3, 0.4) is 0 Å². The molecule has 104 valence electrons. The van der Waals surface area contributed by atoms with Crippen LogP contribution in [0.25, 0.3) is 0 Å². The lowest BCUT2D eigenvalue weighted by molar-refractivity contribution is 0.0840. The highest BCUT2D eigenvalue weighted by molar-refractivity contribution is 5.95. The summed E-state index contributed by atoms with van der Waals surface area (Å²) in [5.41, 5.74) is 2.83. The Bertz CT molecular complexity index is 450. The van der Waals surface area contributed by atoms with Gasteiger partial charge in [-0.05, 0) is 49.8 Å². The van der Waals surface area contributed by atoms with E-state index in [-0.39, 0.29) is 5.91 Å². The molecule has 0 radical (unpaired) electrons. The van der Waals surface area contributed by atoms with Crippen LogP contribution in [0, 0.1) is 19.8 Å². The van der Waals surface area contributed by atoms with Crippen LogP contribution in [0.2, 0.25) is 0 Å². The molecule has 1 saturated carbocycles.